The van der Waals surface area contributed by atoms with Crippen molar-refractivity contribution in [1.29, 1.82) is 0 Å². The minimum atomic E-state index is -3.26. The Morgan fingerprint density at radius 1 is 1.12 bits per heavy atom. The summed E-state index contributed by atoms with van der Waals surface area (Å²) in [4.78, 5) is 38.5. The number of hydrogen-bond acceptors (Lipinski definition) is 6. The van der Waals surface area contributed by atoms with Crippen molar-refractivity contribution in [3.8, 4) is 5.75 Å². The van der Waals surface area contributed by atoms with Crippen LogP contribution in [0, 0.1) is 5.82 Å². The number of imide groups is 1. The summed E-state index contributed by atoms with van der Waals surface area (Å²) in [5.41, 5.74) is 0.515. The number of benzene rings is 2. The molecule has 2 aromatic rings. The van der Waals surface area contributed by atoms with Crippen LogP contribution in [-0.2, 0) is 34.0 Å². The van der Waals surface area contributed by atoms with Crippen LogP contribution in [0.2, 0.25) is 0 Å². The first-order valence-electron chi connectivity index (χ1n) is 14.6. The summed E-state index contributed by atoms with van der Waals surface area (Å²) < 4.78 is 89.9. The van der Waals surface area contributed by atoms with Crippen LogP contribution >= 0.6 is 0 Å². The first-order valence-corrected chi connectivity index (χ1v) is 10.6. The van der Waals surface area contributed by atoms with Crippen LogP contribution < -0.4 is 10.1 Å². The average Bonchev–Trinajstić information content (AvgIpc) is 3.22. The highest BCUT2D eigenvalue weighted by atomic mass is 19.1. The summed E-state index contributed by atoms with van der Waals surface area (Å²) in [7, 11) is 0. The van der Waals surface area contributed by atoms with E-state index in [1.807, 2.05) is 0 Å². The minimum Gasteiger partial charge on any atom is -0.488 e. The molecule has 3 aliphatic rings. The lowest BCUT2D eigenvalue weighted by Crippen LogP contribution is -2.52. The fourth-order valence-electron chi connectivity index (χ4n) is 4.17. The Kier molecular flexibility index (Phi) is 4.16. The third-order valence-electron chi connectivity index (χ3n) is 5.87. The van der Waals surface area contributed by atoms with Gasteiger partial charge in [0.2, 0.25) is 11.8 Å². The lowest BCUT2D eigenvalue weighted by atomic mass is 10.0. The molecule has 2 aromatic carbocycles. The summed E-state index contributed by atoms with van der Waals surface area (Å²) in [6.45, 7) is -14.0. The summed E-state index contributed by atoms with van der Waals surface area (Å²) >= 11 is 0. The molecular weight excluding hydrogens is 441 g/mol. The Labute approximate surface area is 207 Å². The molecule has 0 aliphatic carbocycles. The SMILES string of the molecule is [2H]C1([2H])OC([2H])([2H])C([2H])([2H])N(Cc2cccc(COc3cccc4c3CN(C3CCC(=O)NC3=O)C4=O)c2F)C1([2H])[2H]. The number of fused-ring (bicyclic) bond motifs is 1. The molecule has 0 spiro atoms. The predicted molar refractivity (Wildman–Crippen MR) is 119 cm³/mol. The second-order valence-corrected chi connectivity index (χ2v) is 7.98. The van der Waals surface area contributed by atoms with E-state index in [0.717, 1.165) is 0 Å². The number of hydrogen-bond donors (Lipinski definition) is 1. The summed E-state index contributed by atoms with van der Waals surface area (Å²) in [6.07, 6.45) is 0.277. The standard InChI is InChI=1S/C25H26FN3O5/c26-23-16(13-28-9-11-33-12-10-28)3-1-4-17(23)15-34-21-6-2-5-18-19(21)14-29(25(18)32)20-7-8-22(30)27-24(20)31/h1-6,20H,7-15H2,(H,27,30,31)/i9D2,10D2,11D2,12D2. The van der Waals surface area contributed by atoms with Crippen molar-refractivity contribution in [2.75, 3.05) is 26.1 Å². The van der Waals surface area contributed by atoms with E-state index < -0.39 is 62.2 Å². The Bertz CT molecular complexity index is 1450. The lowest BCUT2D eigenvalue weighted by molar-refractivity contribution is -0.136. The number of carbonyl (C=O) groups excluding carboxylic acids is 3. The highest BCUT2D eigenvalue weighted by molar-refractivity contribution is 6.05. The normalized spacial score (nSPS) is 30.3. The largest absolute Gasteiger partial charge is 0.488 e. The second-order valence-electron chi connectivity index (χ2n) is 7.98. The highest BCUT2D eigenvalue weighted by Gasteiger charge is 2.40. The van der Waals surface area contributed by atoms with Crippen molar-refractivity contribution in [1.82, 2.24) is 15.1 Å². The maximum atomic E-state index is 15.6. The molecule has 1 N–H and O–H groups in total. The predicted octanol–water partition coefficient (Wildman–Crippen LogP) is 2.00. The number of ether oxygens (including phenoxy) is 2. The summed E-state index contributed by atoms with van der Waals surface area (Å²) in [6, 6.07) is 7.91. The minimum absolute atomic E-state index is 0.0168. The topological polar surface area (TPSA) is 88.2 Å². The summed E-state index contributed by atoms with van der Waals surface area (Å²) in [5, 5.41) is 2.23. The van der Waals surface area contributed by atoms with E-state index in [1.54, 1.807) is 18.2 Å². The van der Waals surface area contributed by atoms with Crippen LogP contribution in [0.3, 0.4) is 0 Å². The Hall–Kier alpha value is -3.30. The maximum Gasteiger partial charge on any atom is 0.255 e. The van der Waals surface area contributed by atoms with Crippen LogP contribution in [0.4, 0.5) is 4.39 Å². The van der Waals surface area contributed by atoms with Gasteiger partial charge in [0.05, 0.1) is 25.1 Å². The number of nitrogens with zero attached hydrogens (tertiary/aromatic N) is 2. The molecule has 9 heteroatoms. The van der Waals surface area contributed by atoms with E-state index in [0.29, 0.717) is 11.1 Å². The molecule has 0 saturated carbocycles. The van der Waals surface area contributed by atoms with Gasteiger partial charge in [0.1, 0.15) is 24.2 Å². The van der Waals surface area contributed by atoms with Gasteiger partial charge in [0, 0.05) is 53.7 Å². The van der Waals surface area contributed by atoms with E-state index >= 15 is 4.39 Å². The number of amides is 3. The Balaban J connectivity index is 1.36. The molecule has 2 fully saturated rings. The third-order valence-corrected chi connectivity index (χ3v) is 5.87. The van der Waals surface area contributed by atoms with Crippen LogP contribution in [0.5, 0.6) is 5.75 Å². The second kappa shape index (κ2) is 9.52. The van der Waals surface area contributed by atoms with Crippen molar-refractivity contribution in [2.24, 2.45) is 0 Å². The molecule has 3 heterocycles. The molecule has 1 atom stereocenters. The molecular formula is C25H26FN3O5. The third kappa shape index (κ3) is 4.41. The van der Waals surface area contributed by atoms with E-state index in [2.05, 4.69) is 10.1 Å². The summed E-state index contributed by atoms with van der Waals surface area (Å²) in [5.74, 6) is -2.03. The fourth-order valence-corrected chi connectivity index (χ4v) is 4.17. The van der Waals surface area contributed by atoms with E-state index in [4.69, 9.17) is 15.7 Å². The molecule has 2 saturated heterocycles. The van der Waals surface area contributed by atoms with Gasteiger partial charge < -0.3 is 14.4 Å². The smallest absolute Gasteiger partial charge is 0.255 e. The quantitative estimate of drug-likeness (QED) is 0.643. The van der Waals surface area contributed by atoms with Crippen molar-refractivity contribution < 1.29 is 39.2 Å². The molecule has 5 rings (SSSR count). The average molecular weight is 476 g/mol. The number of carbonyl (C=O) groups is 3. The zero-order chi connectivity index (χ0) is 30.8. The number of rotatable bonds is 6. The van der Waals surface area contributed by atoms with Gasteiger partial charge in [-0.1, -0.05) is 24.3 Å². The van der Waals surface area contributed by atoms with Crippen LogP contribution in [0.15, 0.2) is 36.4 Å². The van der Waals surface area contributed by atoms with E-state index in [9.17, 15) is 14.4 Å². The maximum absolute atomic E-state index is 15.6. The van der Waals surface area contributed by atoms with E-state index in [-0.39, 0.29) is 47.8 Å². The van der Waals surface area contributed by atoms with Crippen molar-refractivity contribution >= 4 is 17.7 Å². The fraction of sp³-hybridized carbons (Fsp3) is 0.400. The van der Waals surface area contributed by atoms with Crippen LogP contribution in [0.25, 0.3) is 0 Å². The zero-order valence-corrected chi connectivity index (χ0v) is 17.9. The Morgan fingerprint density at radius 2 is 1.88 bits per heavy atom. The molecule has 178 valence electrons. The van der Waals surface area contributed by atoms with Gasteiger partial charge in [-0.25, -0.2) is 4.39 Å². The molecule has 0 bridgehead atoms. The van der Waals surface area contributed by atoms with Crippen molar-refractivity contribution in [3.63, 3.8) is 0 Å². The van der Waals surface area contributed by atoms with Gasteiger partial charge in [-0.15, -0.1) is 0 Å². The molecule has 8 nitrogen and oxygen atoms in total. The number of morpholine rings is 1. The Morgan fingerprint density at radius 3 is 2.68 bits per heavy atom. The first-order chi connectivity index (χ1) is 19.5. The zero-order valence-electron chi connectivity index (χ0n) is 25.9. The van der Waals surface area contributed by atoms with Crippen LogP contribution in [-0.4, -0.2) is 59.7 Å². The van der Waals surface area contributed by atoms with Gasteiger partial charge in [0.15, 0.2) is 0 Å². The number of nitrogens with one attached hydrogen (secondary N) is 1. The van der Waals surface area contributed by atoms with Crippen LogP contribution in [0.1, 0.15) is 50.9 Å². The molecule has 3 aliphatic heterocycles. The monoisotopic (exact) mass is 475 g/mol. The van der Waals surface area contributed by atoms with E-state index in [1.165, 1.54) is 23.1 Å². The molecule has 3 amide bonds. The molecule has 1 unspecified atom stereocenters. The number of halogens is 1. The molecule has 0 aromatic heterocycles. The molecule has 34 heavy (non-hydrogen) atoms. The highest BCUT2D eigenvalue weighted by Crippen LogP contribution is 2.34. The number of piperidine rings is 1. The lowest BCUT2D eigenvalue weighted by Gasteiger charge is -2.29. The first kappa shape index (κ1) is 14.9. The van der Waals surface area contributed by atoms with Gasteiger partial charge >= 0.3 is 0 Å². The van der Waals surface area contributed by atoms with Crippen molar-refractivity contribution in [3.05, 3.63) is 64.5 Å². The van der Waals surface area contributed by atoms with Gasteiger partial charge in [0.25, 0.3) is 5.91 Å². The van der Waals surface area contributed by atoms with Crippen molar-refractivity contribution in [2.45, 2.75) is 38.6 Å². The van der Waals surface area contributed by atoms with Gasteiger partial charge in [-0.05, 0) is 18.6 Å². The molecule has 0 radical (unpaired) electrons. The van der Waals surface area contributed by atoms with Gasteiger partial charge in [-0.3, -0.25) is 24.6 Å². The van der Waals surface area contributed by atoms with Gasteiger partial charge in [-0.2, -0.15) is 0 Å².